The van der Waals surface area contributed by atoms with Crippen molar-refractivity contribution in [3.05, 3.63) is 40.6 Å². The number of carbonyl (C=O) groups is 3. The highest BCUT2D eigenvalue weighted by Crippen LogP contribution is 2.31. The largest absolute Gasteiger partial charge is 0.465 e. The molecule has 3 rings (SSSR count). The minimum absolute atomic E-state index is 0.114. The summed E-state index contributed by atoms with van der Waals surface area (Å²) < 4.78 is 4.75. The second kappa shape index (κ2) is 7.91. The molecule has 1 aromatic rings. The summed E-state index contributed by atoms with van der Waals surface area (Å²) in [7, 11) is 1.25. The number of nitrogens with one attached hydrogen (secondary N) is 1. The molecule has 1 fully saturated rings. The lowest BCUT2D eigenvalue weighted by Crippen LogP contribution is -2.37. The smallest absolute Gasteiger partial charge is 0.339 e. The standard InChI is InChI=1S/C19H21ClN2O4/c1-26-19(25)13-10-6-7-11-14(13)22-17(23)15(20)16(18(22)24)21-12-8-4-2-3-5-9-12/h6-7,10-12,21H,2-5,8-9H2,1H3. The average molecular weight is 377 g/mol. The van der Waals surface area contributed by atoms with Crippen LogP contribution in [0.1, 0.15) is 48.9 Å². The number of ether oxygens (including phenoxy) is 1. The first-order valence-corrected chi connectivity index (χ1v) is 9.15. The number of para-hydroxylation sites is 1. The minimum Gasteiger partial charge on any atom is -0.465 e. The molecule has 0 atom stereocenters. The van der Waals surface area contributed by atoms with Crippen LogP contribution in [0.25, 0.3) is 0 Å². The third-order valence-electron chi connectivity index (χ3n) is 4.78. The number of imide groups is 1. The summed E-state index contributed by atoms with van der Waals surface area (Å²) in [6, 6.07) is 6.44. The number of halogens is 1. The quantitative estimate of drug-likeness (QED) is 0.496. The molecule has 138 valence electrons. The number of amides is 2. The SMILES string of the molecule is COC(=O)c1ccccc1N1C(=O)C(Cl)=C(NC2CCCCCC2)C1=O. The van der Waals surface area contributed by atoms with Crippen LogP contribution in [0.2, 0.25) is 0 Å². The average Bonchev–Trinajstić information content (AvgIpc) is 2.85. The highest BCUT2D eigenvalue weighted by atomic mass is 35.5. The van der Waals surface area contributed by atoms with Crippen LogP contribution < -0.4 is 10.2 Å². The molecule has 0 saturated heterocycles. The Hall–Kier alpha value is -2.34. The molecule has 0 aromatic heterocycles. The van der Waals surface area contributed by atoms with Gasteiger partial charge >= 0.3 is 5.97 Å². The van der Waals surface area contributed by atoms with E-state index in [2.05, 4.69) is 5.32 Å². The fourth-order valence-electron chi connectivity index (χ4n) is 3.43. The van der Waals surface area contributed by atoms with Crippen molar-refractivity contribution in [2.24, 2.45) is 0 Å². The van der Waals surface area contributed by atoms with Crippen LogP contribution >= 0.6 is 11.6 Å². The second-order valence-corrected chi connectivity index (χ2v) is 6.85. The van der Waals surface area contributed by atoms with E-state index in [0.717, 1.165) is 30.6 Å². The van der Waals surface area contributed by atoms with Gasteiger partial charge in [-0.1, -0.05) is 49.4 Å². The van der Waals surface area contributed by atoms with E-state index in [1.165, 1.54) is 32.1 Å². The molecule has 1 aromatic carbocycles. The van der Waals surface area contributed by atoms with E-state index in [4.69, 9.17) is 16.3 Å². The molecule has 0 unspecified atom stereocenters. The van der Waals surface area contributed by atoms with E-state index in [-0.39, 0.29) is 28.0 Å². The van der Waals surface area contributed by atoms with Gasteiger partial charge in [-0.2, -0.15) is 0 Å². The first-order chi connectivity index (χ1) is 12.5. The van der Waals surface area contributed by atoms with Crippen LogP contribution in [0.15, 0.2) is 35.0 Å². The van der Waals surface area contributed by atoms with Gasteiger partial charge < -0.3 is 10.1 Å². The van der Waals surface area contributed by atoms with Crippen molar-refractivity contribution in [1.82, 2.24) is 5.32 Å². The van der Waals surface area contributed by atoms with Gasteiger partial charge in [-0.25, -0.2) is 9.69 Å². The number of esters is 1. The Kier molecular flexibility index (Phi) is 5.61. The third kappa shape index (κ3) is 3.46. The lowest BCUT2D eigenvalue weighted by molar-refractivity contribution is -0.120. The van der Waals surface area contributed by atoms with Gasteiger partial charge in [-0.15, -0.1) is 0 Å². The van der Waals surface area contributed by atoms with Gasteiger partial charge in [0.05, 0.1) is 18.4 Å². The van der Waals surface area contributed by atoms with Crippen molar-refractivity contribution < 1.29 is 19.1 Å². The zero-order valence-corrected chi connectivity index (χ0v) is 15.3. The molecular formula is C19H21ClN2O4. The van der Waals surface area contributed by atoms with Gasteiger partial charge in [0.1, 0.15) is 10.7 Å². The molecule has 1 N–H and O–H groups in total. The van der Waals surface area contributed by atoms with Crippen LogP contribution in [0.5, 0.6) is 0 Å². The maximum Gasteiger partial charge on any atom is 0.339 e. The maximum absolute atomic E-state index is 12.9. The lowest BCUT2D eigenvalue weighted by Gasteiger charge is -2.20. The first kappa shape index (κ1) is 18.5. The Morgan fingerprint density at radius 2 is 1.77 bits per heavy atom. The van der Waals surface area contributed by atoms with Crippen molar-refractivity contribution >= 4 is 35.1 Å². The lowest BCUT2D eigenvalue weighted by atomic mass is 10.1. The monoisotopic (exact) mass is 376 g/mol. The molecule has 0 spiro atoms. The Balaban J connectivity index is 1.88. The molecule has 1 aliphatic carbocycles. The summed E-state index contributed by atoms with van der Waals surface area (Å²) >= 11 is 6.18. The number of hydrogen-bond donors (Lipinski definition) is 1. The Morgan fingerprint density at radius 1 is 1.12 bits per heavy atom. The number of hydrogen-bond acceptors (Lipinski definition) is 5. The van der Waals surface area contributed by atoms with Crippen LogP contribution in [0, 0.1) is 0 Å². The third-order valence-corrected chi connectivity index (χ3v) is 5.13. The van der Waals surface area contributed by atoms with Gasteiger partial charge in [0.2, 0.25) is 0 Å². The number of methoxy groups -OCH3 is 1. The van der Waals surface area contributed by atoms with E-state index in [1.54, 1.807) is 12.1 Å². The van der Waals surface area contributed by atoms with Crippen molar-refractivity contribution in [1.29, 1.82) is 0 Å². The molecular weight excluding hydrogens is 356 g/mol. The summed E-state index contributed by atoms with van der Waals surface area (Å²) in [6.07, 6.45) is 6.40. The molecule has 2 amide bonds. The van der Waals surface area contributed by atoms with Crippen molar-refractivity contribution in [2.75, 3.05) is 12.0 Å². The van der Waals surface area contributed by atoms with Gasteiger partial charge in [-0.05, 0) is 25.0 Å². The molecule has 1 saturated carbocycles. The zero-order chi connectivity index (χ0) is 18.7. The number of anilines is 1. The normalized spacial score (nSPS) is 18.9. The zero-order valence-electron chi connectivity index (χ0n) is 14.6. The van der Waals surface area contributed by atoms with Crippen LogP contribution in [0.4, 0.5) is 5.69 Å². The molecule has 6 nitrogen and oxygen atoms in total. The molecule has 0 radical (unpaired) electrons. The molecule has 0 bridgehead atoms. The summed E-state index contributed by atoms with van der Waals surface area (Å²) in [5.41, 5.74) is 0.422. The highest BCUT2D eigenvalue weighted by Gasteiger charge is 2.41. The molecule has 26 heavy (non-hydrogen) atoms. The van der Waals surface area contributed by atoms with Crippen LogP contribution in [-0.2, 0) is 14.3 Å². The molecule has 1 aliphatic heterocycles. The van der Waals surface area contributed by atoms with Crippen LogP contribution in [-0.4, -0.2) is 30.9 Å². The fraction of sp³-hybridized carbons (Fsp3) is 0.421. The summed E-state index contributed by atoms with van der Waals surface area (Å²) in [5, 5.41) is 3.03. The van der Waals surface area contributed by atoms with E-state index >= 15 is 0 Å². The topological polar surface area (TPSA) is 75.7 Å². The summed E-state index contributed by atoms with van der Waals surface area (Å²) in [5.74, 6) is -1.80. The van der Waals surface area contributed by atoms with E-state index < -0.39 is 17.8 Å². The van der Waals surface area contributed by atoms with Crippen molar-refractivity contribution in [3.63, 3.8) is 0 Å². The Labute approximate surface area is 157 Å². The Bertz CT molecular complexity index is 767. The van der Waals surface area contributed by atoms with E-state index in [9.17, 15) is 14.4 Å². The molecule has 1 heterocycles. The van der Waals surface area contributed by atoms with Gasteiger partial charge in [-0.3, -0.25) is 9.59 Å². The van der Waals surface area contributed by atoms with Crippen LogP contribution in [0.3, 0.4) is 0 Å². The van der Waals surface area contributed by atoms with Gasteiger partial charge in [0.15, 0.2) is 0 Å². The van der Waals surface area contributed by atoms with Gasteiger partial charge in [0.25, 0.3) is 11.8 Å². The number of carbonyl (C=O) groups excluding carboxylic acids is 3. The van der Waals surface area contributed by atoms with E-state index in [0.29, 0.717) is 0 Å². The Morgan fingerprint density at radius 3 is 2.42 bits per heavy atom. The maximum atomic E-state index is 12.9. The minimum atomic E-state index is -0.635. The van der Waals surface area contributed by atoms with Crippen molar-refractivity contribution in [2.45, 2.75) is 44.6 Å². The number of benzene rings is 1. The second-order valence-electron chi connectivity index (χ2n) is 6.48. The fourth-order valence-corrected chi connectivity index (χ4v) is 3.65. The number of rotatable bonds is 4. The molecule has 7 heteroatoms. The van der Waals surface area contributed by atoms with Gasteiger partial charge in [0, 0.05) is 6.04 Å². The highest BCUT2D eigenvalue weighted by molar-refractivity contribution is 6.52. The molecule has 2 aliphatic rings. The predicted octanol–water partition coefficient (Wildman–Crippen LogP) is 3.11. The van der Waals surface area contributed by atoms with Crippen molar-refractivity contribution in [3.8, 4) is 0 Å². The predicted molar refractivity (Wildman–Crippen MR) is 97.8 cm³/mol. The van der Waals surface area contributed by atoms with E-state index in [1.807, 2.05) is 0 Å². The first-order valence-electron chi connectivity index (χ1n) is 8.77. The summed E-state index contributed by atoms with van der Waals surface area (Å²) in [6.45, 7) is 0. The number of nitrogens with zero attached hydrogens (tertiary/aromatic N) is 1. The summed E-state index contributed by atoms with van der Waals surface area (Å²) in [4.78, 5) is 38.4.